The summed E-state index contributed by atoms with van der Waals surface area (Å²) in [6, 6.07) is 8.33. The van der Waals surface area contributed by atoms with Crippen LogP contribution in [0.5, 0.6) is 0 Å². The summed E-state index contributed by atoms with van der Waals surface area (Å²) in [5.74, 6) is 1.03. The number of thioether (sulfide) groups is 1. The van der Waals surface area contributed by atoms with E-state index >= 15 is 0 Å². The molecule has 0 aliphatic heterocycles. The molecular formula is C16H26N2O2S. The lowest BCUT2D eigenvalue weighted by atomic mass is 10.2. The second-order valence-electron chi connectivity index (χ2n) is 5.86. The largest absolute Gasteiger partial charge is 0.444 e. The van der Waals surface area contributed by atoms with Crippen LogP contribution in [-0.2, 0) is 4.74 Å². The van der Waals surface area contributed by atoms with E-state index in [0.717, 1.165) is 11.4 Å². The summed E-state index contributed by atoms with van der Waals surface area (Å²) in [6.07, 6.45) is -0.382. The van der Waals surface area contributed by atoms with E-state index in [1.165, 1.54) is 4.90 Å². The minimum atomic E-state index is -0.467. The summed E-state index contributed by atoms with van der Waals surface area (Å²) in [5, 5.41) is 6.20. The first kappa shape index (κ1) is 17.7. The van der Waals surface area contributed by atoms with Gasteiger partial charge in [0.15, 0.2) is 0 Å². The molecule has 0 radical (unpaired) electrons. The third-order valence-electron chi connectivity index (χ3n) is 2.54. The third kappa shape index (κ3) is 7.27. The van der Waals surface area contributed by atoms with Gasteiger partial charge in [0.05, 0.1) is 0 Å². The molecule has 4 nitrogen and oxygen atoms in total. The van der Waals surface area contributed by atoms with E-state index in [-0.39, 0.29) is 12.1 Å². The van der Waals surface area contributed by atoms with E-state index in [4.69, 9.17) is 4.74 Å². The molecule has 2 N–H and O–H groups in total. The summed E-state index contributed by atoms with van der Waals surface area (Å²) in [6.45, 7) is 10.2. The predicted octanol–water partition coefficient (Wildman–Crippen LogP) is 4.12. The molecule has 1 rings (SSSR count). The first-order valence-electron chi connectivity index (χ1n) is 7.27. The standard InChI is InChI=1S/C16H26N2O2S/c1-6-21-14-10-8-7-9-13(14)18-12(2)11-17-15(19)20-16(3,4)5/h7-10,12,18H,6,11H2,1-5H3,(H,17,19). The van der Waals surface area contributed by atoms with Crippen molar-refractivity contribution >= 4 is 23.5 Å². The molecule has 1 unspecified atom stereocenters. The second kappa shape index (κ2) is 8.17. The fraction of sp³-hybridized carbons (Fsp3) is 0.562. The van der Waals surface area contributed by atoms with Crippen molar-refractivity contribution in [3.8, 4) is 0 Å². The van der Waals surface area contributed by atoms with Crippen LogP contribution < -0.4 is 10.6 Å². The van der Waals surface area contributed by atoms with E-state index < -0.39 is 5.60 Å². The first-order chi connectivity index (χ1) is 9.81. The van der Waals surface area contributed by atoms with Crippen LogP contribution in [0.4, 0.5) is 10.5 Å². The van der Waals surface area contributed by atoms with Crippen molar-refractivity contribution in [2.75, 3.05) is 17.6 Å². The van der Waals surface area contributed by atoms with Crippen LogP contribution in [0, 0.1) is 0 Å². The molecule has 0 aromatic heterocycles. The third-order valence-corrected chi connectivity index (χ3v) is 3.50. The summed E-state index contributed by atoms with van der Waals surface area (Å²) in [4.78, 5) is 12.8. The maximum atomic E-state index is 11.6. The van der Waals surface area contributed by atoms with Crippen molar-refractivity contribution < 1.29 is 9.53 Å². The lowest BCUT2D eigenvalue weighted by molar-refractivity contribution is 0.0526. The number of hydrogen-bond acceptors (Lipinski definition) is 4. The highest BCUT2D eigenvalue weighted by Crippen LogP contribution is 2.26. The molecule has 0 saturated heterocycles. The average Bonchev–Trinajstić information content (AvgIpc) is 2.37. The maximum absolute atomic E-state index is 11.6. The van der Waals surface area contributed by atoms with Crippen molar-refractivity contribution in [3.63, 3.8) is 0 Å². The molecule has 0 saturated carbocycles. The topological polar surface area (TPSA) is 50.4 Å². The zero-order valence-electron chi connectivity index (χ0n) is 13.5. The minimum Gasteiger partial charge on any atom is -0.444 e. The van der Waals surface area contributed by atoms with Crippen LogP contribution >= 0.6 is 11.8 Å². The summed E-state index contributed by atoms with van der Waals surface area (Å²) in [7, 11) is 0. The quantitative estimate of drug-likeness (QED) is 0.776. The van der Waals surface area contributed by atoms with Crippen LogP contribution in [0.2, 0.25) is 0 Å². The minimum absolute atomic E-state index is 0.121. The van der Waals surface area contributed by atoms with Crippen molar-refractivity contribution in [2.45, 2.75) is 51.2 Å². The zero-order valence-corrected chi connectivity index (χ0v) is 14.3. The van der Waals surface area contributed by atoms with Crippen LogP contribution in [0.25, 0.3) is 0 Å². The Morgan fingerprint density at radius 1 is 1.33 bits per heavy atom. The molecule has 0 heterocycles. The normalized spacial score (nSPS) is 12.6. The fourth-order valence-corrected chi connectivity index (χ4v) is 2.50. The Bertz CT molecular complexity index is 458. The van der Waals surface area contributed by atoms with Gasteiger partial charge in [-0.05, 0) is 45.6 Å². The molecule has 1 aromatic carbocycles. The molecule has 0 aliphatic rings. The Balaban J connectivity index is 2.47. The molecule has 0 spiro atoms. The summed E-state index contributed by atoms with van der Waals surface area (Å²) < 4.78 is 5.22. The van der Waals surface area contributed by atoms with E-state index in [9.17, 15) is 4.79 Å². The van der Waals surface area contributed by atoms with Gasteiger partial charge >= 0.3 is 6.09 Å². The lowest BCUT2D eigenvalue weighted by Crippen LogP contribution is -2.38. The van der Waals surface area contributed by atoms with Gasteiger partial charge in [0.2, 0.25) is 0 Å². The van der Waals surface area contributed by atoms with Gasteiger partial charge in [-0.1, -0.05) is 19.1 Å². The molecule has 1 aromatic rings. The Hall–Kier alpha value is -1.36. The van der Waals surface area contributed by atoms with Crippen molar-refractivity contribution in [1.29, 1.82) is 0 Å². The van der Waals surface area contributed by atoms with Crippen molar-refractivity contribution in [1.82, 2.24) is 5.32 Å². The van der Waals surface area contributed by atoms with Crippen molar-refractivity contribution in [2.24, 2.45) is 0 Å². The molecule has 1 amide bonds. The molecule has 0 bridgehead atoms. The summed E-state index contributed by atoms with van der Waals surface area (Å²) in [5.41, 5.74) is 0.633. The van der Waals surface area contributed by atoms with E-state index in [2.05, 4.69) is 29.7 Å². The maximum Gasteiger partial charge on any atom is 0.407 e. The monoisotopic (exact) mass is 310 g/mol. The predicted molar refractivity (Wildman–Crippen MR) is 90.2 cm³/mol. The van der Waals surface area contributed by atoms with E-state index in [1.807, 2.05) is 39.8 Å². The van der Waals surface area contributed by atoms with Gasteiger partial charge in [0.1, 0.15) is 5.60 Å². The van der Waals surface area contributed by atoms with Crippen LogP contribution in [-0.4, -0.2) is 30.0 Å². The highest BCUT2D eigenvalue weighted by Gasteiger charge is 2.16. The van der Waals surface area contributed by atoms with Gasteiger partial charge in [0.25, 0.3) is 0 Å². The molecule has 118 valence electrons. The average molecular weight is 310 g/mol. The Morgan fingerprint density at radius 2 is 2.00 bits per heavy atom. The number of amides is 1. The second-order valence-corrected chi connectivity index (χ2v) is 7.16. The number of para-hydroxylation sites is 1. The fourth-order valence-electron chi connectivity index (χ4n) is 1.73. The smallest absolute Gasteiger partial charge is 0.407 e. The van der Waals surface area contributed by atoms with Crippen LogP contribution in [0.3, 0.4) is 0 Å². The number of nitrogens with one attached hydrogen (secondary N) is 2. The molecule has 0 fully saturated rings. The van der Waals surface area contributed by atoms with Crippen LogP contribution in [0.15, 0.2) is 29.2 Å². The number of alkyl carbamates (subject to hydrolysis) is 1. The number of rotatable bonds is 6. The lowest BCUT2D eigenvalue weighted by Gasteiger charge is -2.22. The van der Waals surface area contributed by atoms with Gasteiger partial charge in [-0.15, -0.1) is 11.8 Å². The van der Waals surface area contributed by atoms with Gasteiger partial charge in [-0.2, -0.15) is 0 Å². The molecule has 0 aliphatic carbocycles. The highest BCUT2D eigenvalue weighted by atomic mass is 32.2. The number of ether oxygens (including phenoxy) is 1. The number of benzene rings is 1. The highest BCUT2D eigenvalue weighted by molar-refractivity contribution is 7.99. The van der Waals surface area contributed by atoms with Gasteiger partial charge in [-0.25, -0.2) is 4.79 Å². The van der Waals surface area contributed by atoms with Gasteiger partial charge in [0, 0.05) is 23.2 Å². The number of anilines is 1. The molecule has 1 atom stereocenters. The summed E-state index contributed by atoms with van der Waals surface area (Å²) >= 11 is 1.80. The Kier molecular flexibility index (Phi) is 6.89. The number of carbonyl (C=O) groups excluding carboxylic acids is 1. The molecule has 5 heteroatoms. The number of hydrogen-bond donors (Lipinski definition) is 2. The van der Waals surface area contributed by atoms with Gasteiger partial charge in [-0.3, -0.25) is 0 Å². The van der Waals surface area contributed by atoms with E-state index in [0.29, 0.717) is 6.54 Å². The zero-order chi connectivity index (χ0) is 15.9. The van der Waals surface area contributed by atoms with Crippen LogP contribution in [0.1, 0.15) is 34.6 Å². The first-order valence-corrected chi connectivity index (χ1v) is 8.25. The Morgan fingerprint density at radius 3 is 2.62 bits per heavy atom. The molecule has 21 heavy (non-hydrogen) atoms. The Labute approximate surface area is 132 Å². The van der Waals surface area contributed by atoms with Crippen molar-refractivity contribution in [3.05, 3.63) is 24.3 Å². The number of carbonyl (C=O) groups is 1. The van der Waals surface area contributed by atoms with E-state index in [1.54, 1.807) is 11.8 Å². The molecular weight excluding hydrogens is 284 g/mol. The SMILES string of the molecule is CCSc1ccccc1NC(C)CNC(=O)OC(C)(C)C. The van der Waals surface area contributed by atoms with Gasteiger partial charge < -0.3 is 15.4 Å².